The molecule has 3 rings (SSSR count). The van der Waals surface area contributed by atoms with Gasteiger partial charge in [-0.05, 0) is 25.8 Å². The summed E-state index contributed by atoms with van der Waals surface area (Å²) in [7, 11) is 3.31. The van der Waals surface area contributed by atoms with Crippen LogP contribution in [0.4, 0.5) is 5.69 Å². The second-order valence-electron chi connectivity index (χ2n) is 6.51. The molecule has 6 nitrogen and oxygen atoms in total. The van der Waals surface area contributed by atoms with E-state index < -0.39 is 0 Å². The van der Waals surface area contributed by atoms with Gasteiger partial charge in [0.2, 0.25) is 5.91 Å². The highest BCUT2D eigenvalue weighted by atomic mass is 16.5. The first-order valence-corrected chi connectivity index (χ1v) is 8.71. The van der Waals surface area contributed by atoms with E-state index in [1.165, 1.54) is 6.42 Å². The minimum atomic E-state index is -0.0234. The van der Waals surface area contributed by atoms with Gasteiger partial charge in [-0.1, -0.05) is 6.42 Å². The highest BCUT2D eigenvalue weighted by molar-refractivity contribution is 5.82. The lowest BCUT2D eigenvalue weighted by Gasteiger charge is -2.25. The monoisotopic (exact) mass is 333 g/mol. The van der Waals surface area contributed by atoms with Crippen molar-refractivity contribution in [1.82, 2.24) is 10.6 Å². The Morgan fingerprint density at radius 2 is 1.92 bits per heavy atom. The van der Waals surface area contributed by atoms with Gasteiger partial charge < -0.3 is 25.0 Å². The summed E-state index contributed by atoms with van der Waals surface area (Å²) < 4.78 is 10.7. The zero-order valence-corrected chi connectivity index (χ0v) is 14.5. The normalized spacial score (nSPS) is 23.8. The Kier molecular flexibility index (Phi) is 5.45. The molecular weight excluding hydrogens is 306 g/mol. The van der Waals surface area contributed by atoms with E-state index in [2.05, 4.69) is 15.5 Å². The van der Waals surface area contributed by atoms with E-state index in [1.807, 2.05) is 18.2 Å². The van der Waals surface area contributed by atoms with E-state index in [0.717, 1.165) is 56.1 Å². The molecule has 132 valence electrons. The number of carbonyl (C=O) groups is 1. The van der Waals surface area contributed by atoms with Crippen molar-refractivity contribution in [2.45, 2.75) is 37.8 Å². The predicted molar refractivity (Wildman–Crippen MR) is 93.9 cm³/mol. The lowest BCUT2D eigenvalue weighted by atomic mass is 10.0. The smallest absolute Gasteiger partial charge is 0.237 e. The van der Waals surface area contributed by atoms with Crippen molar-refractivity contribution < 1.29 is 14.3 Å². The highest BCUT2D eigenvalue weighted by Gasteiger charge is 2.28. The number of methoxy groups -OCH3 is 2. The Balaban J connectivity index is 1.59. The van der Waals surface area contributed by atoms with Gasteiger partial charge in [-0.25, -0.2) is 0 Å². The van der Waals surface area contributed by atoms with E-state index in [4.69, 9.17) is 9.47 Å². The lowest BCUT2D eigenvalue weighted by Crippen LogP contribution is -2.50. The van der Waals surface area contributed by atoms with Crippen LogP contribution in [0.3, 0.4) is 0 Å². The van der Waals surface area contributed by atoms with Crippen molar-refractivity contribution >= 4 is 11.6 Å². The Hall–Kier alpha value is -1.95. The minimum absolute atomic E-state index is 0.0234. The van der Waals surface area contributed by atoms with Gasteiger partial charge in [0, 0.05) is 43.0 Å². The molecule has 2 heterocycles. The minimum Gasteiger partial charge on any atom is -0.497 e. The summed E-state index contributed by atoms with van der Waals surface area (Å²) in [6.45, 7) is 2.67. The molecular formula is C18H27N3O3. The fourth-order valence-corrected chi connectivity index (χ4v) is 3.46. The number of carbonyl (C=O) groups excluding carboxylic acids is 1. The van der Waals surface area contributed by atoms with Crippen LogP contribution in [-0.2, 0) is 4.79 Å². The molecule has 1 amide bonds. The molecule has 2 fully saturated rings. The number of benzene rings is 1. The topological polar surface area (TPSA) is 62.8 Å². The van der Waals surface area contributed by atoms with Crippen LogP contribution in [0.25, 0.3) is 0 Å². The third-order valence-corrected chi connectivity index (χ3v) is 4.86. The number of nitrogens with zero attached hydrogens (tertiary/aromatic N) is 1. The third-order valence-electron chi connectivity index (χ3n) is 4.86. The standard InChI is InChI=1S/C18H27N3O3/c1-23-15-9-14(10-16(11-15)24-2)21-8-6-13(12-21)20-18(22)17-5-3-4-7-19-17/h9-11,13,17,19H,3-8,12H2,1-2H3,(H,20,22)/t13?,17-/m1/s1. The SMILES string of the molecule is COc1cc(OC)cc(N2CCC(NC(=O)[C@H]3CCCCN3)C2)c1. The van der Waals surface area contributed by atoms with Gasteiger partial charge in [-0.3, -0.25) is 4.79 Å². The van der Waals surface area contributed by atoms with Crippen molar-refractivity contribution in [2.75, 3.05) is 38.8 Å². The Labute approximate surface area is 143 Å². The molecule has 2 atom stereocenters. The van der Waals surface area contributed by atoms with E-state index in [0.29, 0.717) is 0 Å². The van der Waals surface area contributed by atoms with Crippen molar-refractivity contribution in [3.8, 4) is 11.5 Å². The molecule has 0 bridgehead atoms. The zero-order chi connectivity index (χ0) is 16.9. The molecule has 1 aromatic rings. The molecule has 1 aromatic carbocycles. The van der Waals surface area contributed by atoms with Gasteiger partial charge >= 0.3 is 0 Å². The zero-order valence-electron chi connectivity index (χ0n) is 14.5. The molecule has 0 saturated carbocycles. The van der Waals surface area contributed by atoms with Crippen LogP contribution in [0.2, 0.25) is 0 Å². The van der Waals surface area contributed by atoms with Gasteiger partial charge in [0.25, 0.3) is 0 Å². The fraction of sp³-hybridized carbons (Fsp3) is 0.611. The summed E-state index contributed by atoms with van der Waals surface area (Å²) in [4.78, 5) is 14.6. The molecule has 1 unspecified atom stereocenters. The summed E-state index contributed by atoms with van der Waals surface area (Å²) in [5.41, 5.74) is 1.07. The van der Waals surface area contributed by atoms with Crippen molar-refractivity contribution in [1.29, 1.82) is 0 Å². The number of piperidine rings is 1. The first kappa shape index (κ1) is 16.9. The van der Waals surface area contributed by atoms with Crippen molar-refractivity contribution in [3.63, 3.8) is 0 Å². The summed E-state index contributed by atoms with van der Waals surface area (Å²) in [6, 6.07) is 6.06. The summed E-state index contributed by atoms with van der Waals surface area (Å²) >= 11 is 0. The summed E-state index contributed by atoms with van der Waals surface area (Å²) in [5.74, 6) is 1.70. The molecule has 2 N–H and O–H groups in total. The number of hydrogen-bond acceptors (Lipinski definition) is 5. The van der Waals surface area contributed by atoms with Crippen molar-refractivity contribution in [3.05, 3.63) is 18.2 Å². The summed E-state index contributed by atoms with van der Waals surface area (Å²) in [5, 5.41) is 6.51. The first-order valence-electron chi connectivity index (χ1n) is 8.71. The van der Waals surface area contributed by atoms with E-state index >= 15 is 0 Å². The maximum absolute atomic E-state index is 12.4. The second kappa shape index (κ2) is 7.75. The average Bonchev–Trinajstić information content (AvgIpc) is 3.10. The number of amides is 1. The maximum atomic E-state index is 12.4. The molecule has 0 radical (unpaired) electrons. The highest BCUT2D eigenvalue weighted by Crippen LogP contribution is 2.30. The Bertz CT molecular complexity index is 550. The first-order chi connectivity index (χ1) is 11.7. The van der Waals surface area contributed by atoms with Crippen LogP contribution < -0.4 is 25.0 Å². The van der Waals surface area contributed by atoms with Gasteiger partial charge in [0.15, 0.2) is 0 Å². The number of hydrogen-bond donors (Lipinski definition) is 2. The van der Waals surface area contributed by atoms with Crippen LogP contribution >= 0.6 is 0 Å². The Morgan fingerprint density at radius 1 is 1.17 bits per heavy atom. The average molecular weight is 333 g/mol. The van der Waals surface area contributed by atoms with E-state index in [1.54, 1.807) is 14.2 Å². The van der Waals surface area contributed by atoms with E-state index in [9.17, 15) is 4.79 Å². The van der Waals surface area contributed by atoms with Crippen LogP contribution in [-0.4, -0.2) is 51.8 Å². The van der Waals surface area contributed by atoms with Gasteiger partial charge in [0.1, 0.15) is 11.5 Å². The fourth-order valence-electron chi connectivity index (χ4n) is 3.46. The molecule has 2 saturated heterocycles. The summed E-state index contributed by atoms with van der Waals surface area (Å²) in [6.07, 6.45) is 4.19. The van der Waals surface area contributed by atoms with Crippen LogP contribution in [0.1, 0.15) is 25.7 Å². The van der Waals surface area contributed by atoms with Gasteiger partial charge in [-0.2, -0.15) is 0 Å². The molecule has 0 aromatic heterocycles. The second-order valence-corrected chi connectivity index (χ2v) is 6.51. The number of anilines is 1. The molecule has 0 spiro atoms. The molecule has 2 aliphatic rings. The van der Waals surface area contributed by atoms with E-state index in [-0.39, 0.29) is 18.0 Å². The Morgan fingerprint density at radius 3 is 2.54 bits per heavy atom. The number of ether oxygens (including phenoxy) is 2. The predicted octanol–water partition coefficient (Wildman–Crippen LogP) is 1.54. The number of rotatable bonds is 5. The maximum Gasteiger partial charge on any atom is 0.237 e. The number of nitrogens with one attached hydrogen (secondary N) is 2. The lowest BCUT2D eigenvalue weighted by molar-refractivity contribution is -0.124. The molecule has 6 heteroatoms. The van der Waals surface area contributed by atoms with Crippen molar-refractivity contribution in [2.24, 2.45) is 0 Å². The quantitative estimate of drug-likeness (QED) is 0.856. The molecule has 0 aliphatic carbocycles. The largest absolute Gasteiger partial charge is 0.497 e. The van der Waals surface area contributed by atoms with Crippen LogP contribution in [0.15, 0.2) is 18.2 Å². The van der Waals surface area contributed by atoms with Crippen LogP contribution in [0.5, 0.6) is 11.5 Å². The molecule has 24 heavy (non-hydrogen) atoms. The van der Waals surface area contributed by atoms with Gasteiger partial charge in [-0.15, -0.1) is 0 Å². The van der Waals surface area contributed by atoms with Gasteiger partial charge in [0.05, 0.1) is 20.3 Å². The van der Waals surface area contributed by atoms with Crippen LogP contribution in [0, 0.1) is 0 Å². The molecule has 2 aliphatic heterocycles. The third kappa shape index (κ3) is 3.93.